The van der Waals surface area contributed by atoms with E-state index in [4.69, 9.17) is 4.74 Å². The van der Waals surface area contributed by atoms with E-state index in [-0.39, 0.29) is 11.8 Å². The summed E-state index contributed by atoms with van der Waals surface area (Å²) in [6.45, 7) is 6.27. The fraction of sp³-hybridized carbons (Fsp3) is 0.455. The Morgan fingerprint density at radius 3 is 2.58 bits per heavy atom. The molecule has 0 amide bonds. The molecule has 3 atom stereocenters. The second-order valence-electron chi connectivity index (χ2n) is 8.03. The maximum absolute atomic E-state index is 12.1. The van der Waals surface area contributed by atoms with Gasteiger partial charge in [-0.05, 0) is 30.7 Å². The Morgan fingerprint density at radius 1 is 1.23 bits per heavy atom. The number of ether oxygens (including phenoxy) is 1. The molecule has 0 fully saturated rings. The summed E-state index contributed by atoms with van der Waals surface area (Å²) in [7, 11) is -1.59. The summed E-state index contributed by atoms with van der Waals surface area (Å²) in [5.41, 5.74) is 1.28. The van der Waals surface area contributed by atoms with E-state index in [0.29, 0.717) is 29.9 Å². The molecule has 3 nitrogen and oxygen atoms in total. The van der Waals surface area contributed by atoms with Crippen LogP contribution >= 0.6 is 0 Å². The number of allylic oxidation sites excluding steroid dienone is 3. The van der Waals surface area contributed by atoms with Crippen LogP contribution in [0.25, 0.3) is 0 Å². The van der Waals surface area contributed by atoms with Crippen LogP contribution in [0.15, 0.2) is 54.1 Å². The van der Waals surface area contributed by atoms with E-state index in [1.54, 1.807) is 0 Å². The van der Waals surface area contributed by atoms with Crippen LogP contribution in [-0.4, -0.2) is 25.9 Å². The van der Waals surface area contributed by atoms with Gasteiger partial charge in [0.15, 0.2) is 5.78 Å². The SMILES string of the molecule is CC(=O)OC(C[C@H]1C=C[C@H]([Si](C)(C)c2ccccc2)C1)C1=CCCC1=O. The van der Waals surface area contributed by atoms with Gasteiger partial charge >= 0.3 is 5.97 Å². The topological polar surface area (TPSA) is 43.4 Å². The Hall–Kier alpha value is -1.94. The van der Waals surface area contributed by atoms with Crippen LogP contribution in [0, 0.1) is 5.92 Å². The molecule has 0 aromatic heterocycles. The molecule has 0 bridgehead atoms. The van der Waals surface area contributed by atoms with Crippen molar-refractivity contribution in [2.45, 2.75) is 57.3 Å². The van der Waals surface area contributed by atoms with Crippen molar-refractivity contribution in [3.8, 4) is 0 Å². The number of Topliss-reactive ketones (excluding diaryl/α,β-unsaturated/α-hetero) is 1. The van der Waals surface area contributed by atoms with Crippen molar-refractivity contribution in [2.75, 3.05) is 0 Å². The third kappa shape index (κ3) is 4.06. The van der Waals surface area contributed by atoms with Gasteiger partial charge in [0.1, 0.15) is 6.10 Å². The molecule has 0 heterocycles. The van der Waals surface area contributed by atoms with Crippen LogP contribution < -0.4 is 5.19 Å². The van der Waals surface area contributed by atoms with Gasteiger partial charge in [-0.25, -0.2) is 0 Å². The van der Waals surface area contributed by atoms with E-state index < -0.39 is 14.2 Å². The molecule has 1 unspecified atom stereocenters. The highest BCUT2D eigenvalue weighted by atomic mass is 28.3. The number of carbonyl (C=O) groups is 2. The molecule has 0 saturated heterocycles. The maximum atomic E-state index is 12.1. The second kappa shape index (κ2) is 7.75. The number of hydrogen-bond acceptors (Lipinski definition) is 3. The summed E-state index contributed by atoms with van der Waals surface area (Å²) >= 11 is 0. The van der Waals surface area contributed by atoms with Crippen LogP contribution in [0.5, 0.6) is 0 Å². The Labute approximate surface area is 157 Å². The van der Waals surface area contributed by atoms with E-state index in [2.05, 4.69) is 55.6 Å². The zero-order valence-electron chi connectivity index (χ0n) is 15.9. The van der Waals surface area contributed by atoms with Crippen molar-refractivity contribution in [3.63, 3.8) is 0 Å². The van der Waals surface area contributed by atoms with Gasteiger partial charge in [0, 0.05) is 18.9 Å². The quantitative estimate of drug-likeness (QED) is 0.430. The maximum Gasteiger partial charge on any atom is 0.303 e. The molecule has 0 N–H and O–H groups in total. The molecule has 4 heteroatoms. The first-order chi connectivity index (χ1) is 12.4. The number of rotatable bonds is 6. The van der Waals surface area contributed by atoms with Gasteiger partial charge in [-0.2, -0.15) is 0 Å². The van der Waals surface area contributed by atoms with Crippen molar-refractivity contribution >= 4 is 25.0 Å². The molecule has 3 rings (SSSR count). The van der Waals surface area contributed by atoms with Crippen molar-refractivity contribution in [1.29, 1.82) is 0 Å². The summed E-state index contributed by atoms with van der Waals surface area (Å²) in [6, 6.07) is 10.8. The molecule has 1 aromatic rings. The lowest BCUT2D eigenvalue weighted by Crippen LogP contribution is -2.45. The molecule has 2 aliphatic rings. The fourth-order valence-electron chi connectivity index (χ4n) is 4.21. The Balaban J connectivity index is 1.69. The Bertz CT molecular complexity index is 733. The summed E-state index contributed by atoms with van der Waals surface area (Å²) in [6.07, 6.45) is 9.30. The molecule has 2 aliphatic carbocycles. The Kier molecular flexibility index (Phi) is 5.61. The highest BCUT2D eigenvalue weighted by Crippen LogP contribution is 2.39. The average Bonchev–Trinajstić information content (AvgIpc) is 3.24. The molecule has 138 valence electrons. The predicted octanol–water partition coefficient (Wildman–Crippen LogP) is 4.16. The largest absolute Gasteiger partial charge is 0.458 e. The van der Waals surface area contributed by atoms with Crippen molar-refractivity contribution in [1.82, 2.24) is 0 Å². The van der Waals surface area contributed by atoms with Gasteiger partial charge in [-0.1, -0.05) is 66.8 Å². The molecular formula is C22H28O3Si. The van der Waals surface area contributed by atoms with E-state index in [1.807, 2.05) is 6.08 Å². The lowest BCUT2D eigenvalue weighted by Gasteiger charge is -2.30. The number of esters is 1. The molecule has 0 radical (unpaired) electrons. The van der Waals surface area contributed by atoms with E-state index in [0.717, 1.165) is 12.8 Å². The van der Waals surface area contributed by atoms with Gasteiger partial charge in [0.05, 0.1) is 8.07 Å². The third-order valence-corrected chi connectivity index (χ3v) is 9.95. The second-order valence-corrected chi connectivity index (χ2v) is 12.8. The van der Waals surface area contributed by atoms with Crippen LogP contribution in [0.4, 0.5) is 0 Å². The van der Waals surface area contributed by atoms with Gasteiger partial charge in [-0.3, -0.25) is 9.59 Å². The van der Waals surface area contributed by atoms with Gasteiger partial charge in [0.2, 0.25) is 0 Å². The molecule has 26 heavy (non-hydrogen) atoms. The molecule has 0 saturated carbocycles. The van der Waals surface area contributed by atoms with Crippen molar-refractivity contribution in [2.24, 2.45) is 5.92 Å². The normalized spacial score (nSPS) is 23.8. The summed E-state index contributed by atoms with van der Waals surface area (Å²) in [5.74, 6) is 0.177. The first-order valence-electron chi connectivity index (χ1n) is 9.52. The van der Waals surface area contributed by atoms with E-state index >= 15 is 0 Å². The van der Waals surface area contributed by atoms with Gasteiger partial charge in [0.25, 0.3) is 0 Å². The summed E-state index contributed by atoms with van der Waals surface area (Å²) < 4.78 is 5.52. The average molecular weight is 369 g/mol. The first-order valence-corrected chi connectivity index (χ1v) is 12.6. The van der Waals surface area contributed by atoms with Crippen LogP contribution in [-0.2, 0) is 14.3 Å². The van der Waals surface area contributed by atoms with Crippen molar-refractivity contribution < 1.29 is 14.3 Å². The smallest absolute Gasteiger partial charge is 0.303 e. The standard InChI is InChI=1S/C22H28O3Si/c1-16(23)25-22(20-10-7-11-21(20)24)15-17-12-13-19(14-17)26(2,3)18-8-5-4-6-9-18/h4-6,8-10,12-13,17,19,22H,7,11,14-15H2,1-3H3/t17-,19-,22?/m0/s1. The van der Waals surface area contributed by atoms with Crippen LogP contribution in [0.1, 0.15) is 32.6 Å². The zero-order valence-corrected chi connectivity index (χ0v) is 16.9. The van der Waals surface area contributed by atoms with E-state index in [9.17, 15) is 9.59 Å². The fourth-order valence-corrected chi connectivity index (χ4v) is 7.17. The Morgan fingerprint density at radius 2 is 1.96 bits per heavy atom. The lowest BCUT2D eigenvalue weighted by atomic mass is 9.95. The molecular weight excluding hydrogens is 340 g/mol. The number of benzene rings is 1. The minimum Gasteiger partial charge on any atom is -0.458 e. The molecule has 1 aromatic carbocycles. The minimum absolute atomic E-state index is 0.133. The summed E-state index contributed by atoms with van der Waals surface area (Å²) in [5, 5.41) is 1.47. The van der Waals surface area contributed by atoms with Crippen LogP contribution in [0.3, 0.4) is 0 Å². The monoisotopic (exact) mass is 368 g/mol. The van der Waals surface area contributed by atoms with Gasteiger partial charge < -0.3 is 4.74 Å². The van der Waals surface area contributed by atoms with Crippen molar-refractivity contribution in [3.05, 3.63) is 54.1 Å². The number of ketones is 1. The summed E-state index contributed by atoms with van der Waals surface area (Å²) in [4.78, 5) is 23.6. The molecule has 0 aliphatic heterocycles. The zero-order chi connectivity index (χ0) is 18.7. The number of carbonyl (C=O) groups excluding carboxylic acids is 2. The highest BCUT2D eigenvalue weighted by molar-refractivity contribution is 6.91. The van der Waals surface area contributed by atoms with E-state index in [1.165, 1.54) is 12.1 Å². The highest BCUT2D eigenvalue weighted by Gasteiger charge is 2.37. The number of hydrogen-bond donors (Lipinski definition) is 0. The van der Waals surface area contributed by atoms with Gasteiger partial charge in [-0.15, -0.1) is 0 Å². The first kappa shape index (κ1) is 18.8. The minimum atomic E-state index is -1.59. The lowest BCUT2D eigenvalue weighted by molar-refractivity contribution is -0.145. The third-order valence-electron chi connectivity index (χ3n) is 5.85. The molecule has 0 spiro atoms. The van der Waals surface area contributed by atoms with Crippen LogP contribution in [0.2, 0.25) is 18.6 Å². The predicted molar refractivity (Wildman–Crippen MR) is 107 cm³/mol.